The highest BCUT2D eigenvalue weighted by molar-refractivity contribution is 6.08. The number of hydrogen-bond donors (Lipinski definition) is 1. The summed E-state index contributed by atoms with van der Waals surface area (Å²) in [5, 5.41) is 21.1. The van der Waals surface area contributed by atoms with Crippen LogP contribution in [0.4, 0.5) is 0 Å². The Morgan fingerprint density at radius 2 is 1.96 bits per heavy atom. The monoisotopic (exact) mass is 367 g/mol. The molecule has 0 saturated heterocycles. The van der Waals surface area contributed by atoms with E-state index in [0.29, 0.717) is 18.5 Å². The predicted octanol–water partition coefficient (Wildman–Crippen LogP) is 4.34. The summed E-state index contributed by atoms with van der Waals surface area (Å²) in [6, 6.07) is 18.3. The summed E-state index contributed by atoms with van der Waals surface area (Å²) in [6.07, 6.45) is 5.30. The SMILES string of the molecule is N#Cc1cc(C2CC=C(C(=O)O)C=NC2)ncc1-c1ccc2ccccc2c1. The van der Waals surface area contributed by atoms with E-state index < -0.39 is 5.97 Å². The molecule has 2 aromatic carbocycles. The molecule has 1 aliphatic rings. The summed E-state index contributed by atoms with van der Waals surface area (Å²) in [4.78, 5) is 19.9. The van der Waals surface area contributed by atoms with E-state index in [1.165, 1.54) is 6.21 Å². The van der Waals surface area contributed by atoms with Gasteiger partial charge in [0.2, 0.25) is 0 Å². The summed E-state index contributed by atoms with van der Waals surface area (Å²) >= 11 is 0. The van der Waals surface area contributed by atoms with E-state index in [0.717, 1.165) is 27.6 Å². The number of carbonyl (C=O) groups is 1. The molecule has 2 heterocycles. The van der Waals surface area contributed by atoms with E-state index >= 15 is 0 Å². The molecule has 0 amide bonds. The second kappa shape index (κ2) is 7.45. The van der Waals surface area contributed by atoms with Crippen LogP contribution in [0.1, 0.15) is 23.6 Å². The predicted molar refractivity (Wildman–Crippen MR) is 108 cm³/mol. The number of hydrogen-bond acceptors (Lipinski definition) is 4. The fourth-order valence-corrected chi connectivity index (χ4v) is 3.41. The molecule has 1 N–H and O–H groups in total. The van der Waals surface area contributed by atoms with Crippen molar-refractivity contribution in [3.05, 3.63) is 77.6 Å². The lowest BCUT2D eigenvalue weighted by molar-refractivity contribution is -0.132. The molecule has 5 heteroatoms. The van der Waals surface area contributed by atoms with Gasteiger partial charge in [0.05, 0.1) is 17.2 Å². The second-order valence-corrected chi connectivity index (χ2v) is 6.72. The molecule has 3 aromatic rings. The highest BCUT2D eigenvalue weighted by Gasteiger charge is 2.18. The van der Waals surface area contributed by atoms with Gasteiger partial charge in [0.1, 0.15) is 0 Å². The van der Waals surface area contributed by atoms with Crippen molar-refractivity contribution in [2.75, 3.05) is 6.54 Å². The molecule has 0 fully saturated rings. The Hall–Kier alpha value is -3.78. The van der Waals surface area contributed by atoms with Crippen LogP contribution in [0.5, 0.6) is 0 Å². The van der Waals surface area contributed by atoms with Gasteiger partial charge in [0.15, 0.2) is 0 Å². The van der Waals surface area contributed by atoms with Gasteiger partial charge in [-0.3, -0.25) is 9.98 Å². The summed E-state index contributed by atoms with van der Waals surface area (Å²) < 4.78 is 0. The standard InChI is InChI=1S/C23H17N3O2/c24-11-20-10-22(18-7-8-19(23(27)28)13-25-12-18)26-14-21(20)17-6-5-15-3-1-2-4-16(15)9-17/h1-6,8-10,13-14,18H,7,12H2,(H,27,28). The van der Waals surface area contributed by atoms with Crippen molar-refractivity contribution >= 4 is 23.0 Å². The molecule has 0 spiro atoms. The van der Waals surface area contributed by atoms with Crippen LogP contribution in [0.3, 0.4) is 0 Å². The fraction of sp³-hybridized carbons (Fsp3) is 0.130. The van der Waals surface area contributed by atoms with Crippen LogP contribution in [0.2, 0.25) is 0 Å². The number of aliphatic carboxylic acids is 1. The van der Waals surface area contributed by atoms with Gasteiger partial charge in [0.25, 0.3) is 0 Å². The number of carboxylic acid groups (broad SMARTS) is 1. The topological polar surface area (TPSA) is 86.3 Å². The highest BCUT2D eigenvalue weighted by Crippen LogP contribution is 2.29. The molecule has 0 aliphatic carbocycles. The van der Waals surface area contributed by atoms with E-state index in [9.17, 15) is 10.1 Å². The van der Waals surface area contributed by atoms with E-state index in [-0.39, 0.29) is 11.5 Å². The third kappa shape index (κ3) is 3.40. The molecule has 0 saturated carbocycles. The van der Waals surface area contributed by atoms with Crippen LogP contribution >= 0.6 is 0 Å². The molecule has 136 valence electrons. The number of allylic oxidation sites excluding steroid dienone is 1. The maximum atomic E-state index is 11.1. The minimum Gasteiger partial charge on any atom is -0.478 e. The van der Waals surface area contributed by atoms with Crippen molar-refractivity contribution < 1.29 is 9.90 Å². The van der Waals surface area contributed by atoms with Gasteiger partial charge in [0, 0.05) is 36.1 Å². The van der Waals surface area contributed by atoms with Crippen molar-refractivity contribution in [2.45, 2.75) is 12.3 Å². The number of aromatic nitrogens is 1. The largest absolute Gasteiger partial charge is 0.478 e. The molecule has 1 aliphatic heterocycles. The van der Waals surface area contributed by atoms with Gasteiger partial charge in [-0.1, -0.05) is 42.5 Å². The molecule has 1 atom stereocenters. The summed E-state index contributed by atoms with van der Waals surface area (Å²) in [5.74, 6) is -1.03. The molecule has 1 unspecified atom stereocenters. The van der Waals surface area contributed by atoms with Crippen molar-refractivity contribution in [1.82, 2.24) is 4.98 Å². The molecule has 0 bridgehead atoms. The Bertz CT molecular complexity index is 1170. The smallest absolute Gasteiger partial charge is 0.336 e. The quantitative estimate of drug-likeness (QED) is 0.746. The van der Waals surface area contributed by atoms with E-state index in [1.54, 1.807) is 18.3 Å². The minimum atomic E-state index is -0.985. The Balaban J connectivity index is 1.69. The first kappa shape index (κ1) is 17.6. The zero-order chi connectivity index (χ0) is 19.5. The van der Waals surface area contributed by atoms with Gasteiger partial charge in [-0.25, -0.2) is 4.79 Å². The first-order valence-electron chi connectivity index (χ1n) is 8.98. The van der Waals surface area contributed by atoms with Crippen LogP contribution in [0.25, 0.3) is 21.9 Å². The lowest BCUT2D eigenvalue weighted by Crippen LogP contribution is -2.05. The minimum absolute atomic E-state index is 0.0501. The normalized spacial score (nSPS) is 16.2. The number of fused-ring (bicyclic) bond motifs is 1. The molecule has 4 rings (SSSR count). The maximum absolute atomic E-state index is 11.1. The Labute approximate surface area is 162 Å². The maximum Gasteiger partial charge on any atom is 0.336 e. The second-order valence-electron chi connectivity index (χ2n) is 6.72. The molecule has 0 radical (unpaired) electrons. The first-order chi connectivity index (χ1) is 13.7. The van der Waals surface area contributed by atoms with Crippen molar-refractivity contribution in [3.8, 4) is 17.2 Å². The zero-order valence-corrected chi connectivity index (χ0v) is 15.0. The van der Waals surface area contributed by atoms with Gasteiger partial charge in [-0.05, 0) is 34.9 Å². The summed E-state index contributed by atoms with van der Waals surface area (Å²) in [7, 11) is 0. The fourth-order valence-electron chi connectivity index (χ4n) is 3.41. The van der Waals surface area contributed by atoms with E-state index in [1.807, 2.05) is 30.3 Å². The van der Waals surface area contributed by atoms with Crippen LogP contribution in [0.15, 0.2) is 71.4 Å². The number of nitriles is 1. The number of benzene rings is 2. The third-order valence-corrected chi connectivity index (χ3v) is 4.95. The van der Waals surface area contributed by atoms with Crippen LogP contribution in [0, 0.1) is 11.3 Å². The Kier molecular flexibility index (Phi) is 4.69. The first-order valence-corrected chi connectivity index (χ1v) is 8.98. The average Bonchev–Trinajstić information content (AvgIpc) is 2.99. The van der Waals surface area contributed by atoms with Crippen molar-refractivity contribution in [1.29, 1.82) is 5.26 Å². The van der Waals surface area contributed by atoms with Gasteiger partial charge in [-0.2, -0.15) is 5.26 Å². The van der Waals surface area contributed by atoms with Crippen LogP contribution in [-0.2, 0) is 4.79 Å². The molecule has 5 nitrogen and oxygen atoms in total. The highest BCUT2D eigenvalue weighted by atomic mass is 16.4. The molecular weight excluding hydrogens is 350 g/mol. The van der Waals surface area contributed by atoms with Gasteiger partial charge in [-0.15, -0.1) is 0 Å². The zero-order valence-electron chi connectivity index (χ0n) is 15.0. The van der Waals surface area contributed by atoms with Crippen molar-refractivity contribution in [3.63, 3.8) is 0 Å². The van der Waals surface area contributed by atoms with Crippen LogP contribution in [-0.4, -0.2) is 28.8 Å². The number of carboxylic acids is 1. The number of pyridine rings is 1. The van der Waals surface area contributed by atoms with Gasteiger partial charge < -0.3 is 5.11 Å². The number of aliphatic imine (C=N–C) groups is 1. The Morgan fingerprint density at radius 1 is 1.14 bits per heavy atom. The average molecular weight is 367 g/mol. The summed E-state index contributed by atoms with van der Waals surface area (Å²) in [6.45, 7) is 0.445. The molecule has 28 heavy (non-hydrogen) atoms. The van der Waals surface area contributed by atoms with Crippen molar-refractivity contribution in [2.24, 2.45) is 4.99 Å². The number of nitrogens with zero attached hydrogens (tertiary/aromatic N) is 3. The lowest BCUT2D eigenvalue weighted by Gasteiger charge is -2.13. The Morgan fingerprint density at radius 3 is 2.75 bits per heavy atom. The van der Waals surface area contributed by atoms with Gasteiger partial charge >= 0.3 is 5.97 Å². The van der Waals surface area contributed by atoms with E-state index in [4.69, 9.17) is 5.11 Å². The van der Waals surface area contributed by atoms with Crippen LogP contribution < -0.4 is 0 Å². The summed E-state index contributed by atoms with van der Waals surface area (Å²) in [5.41, 5.74) is 3.23. The molecular formula is C23H17N3O2. The lowest BCUT2D eigenvalue weighted by atomic mass is 9.95. The number of rotatable bonds is 3. The molecule has 1 aromatic heterocycles. The van der Waals surface area contributed by atoms with E-state index in [2.05, 4.69) is 28.2 Å². The third-order valence-electron chi connectivity index (χ3n) is 4.95.